The van der Waals surface area contributed by atoms with Crippen LogP contribution < -0.4 is 5.32 Å². The summed E-state index contributed by atoms with van der Waals surface area (Å²) >= 11 is 0. The van der Waals surface area contributed by atoms with Crippen molar-refractivity contribution in [2.24, 2.45) is 5.92 Å². The Morgan fingerprint density at radius 2 is 1.95 bits per heavy atom. The molecule has 1 unspecified atom stereocenters. The molecule has 0 aromatic carbocycles. The number of carbonyl (C=O) groups is 1. The molecule has 112 valence electrons. The highest BCUT2D eigenvalue weighted by molar-refractivity contribution is 5.82. The van der Waals surface area contributed by atoms with E-state index in [0.717, 1.165) is 52.1 Å². The number of nitrogens with one attached hydrogen (secondary N) is 1. The summed E-state index contributed by atoms with van der Waals surface area (Å²) in [7, 11) is 0. The third-order valence-corrected chi connectivity index (χ3v) is 3.84. The Hall–Kier alpha value is -0.610. The summed E-state index contributed by atoms with van der Waals surface area (Å²) < 4.78 is 0. The third-order valence-electron chi connectivity index (χ3n) is 3.84. The van der Waals surface area contributed by atoms with E-state index in [1.165, 1.54) is 0 Å². The largest absolute Gasteiger partial charge is 0.340 e. The van der Waals surface area contributed by atoms with Crippen LogP contribution in [0.1, 0.15) is 40.5 Å². The lowest BCUT2D eigenvalue weighted by Crippen LogP contribution is -2.47. The van der Waals surface area contributed by atoms with Gasteiger partial charge < -0.3 is 15.1 Å². The van der Waals surface area contributed by atoms with E-state index in [9.17, 15) is 4.79 Å². The minimum absolute atomic E-state index is 0.0652. The summed E-state index contributed by atoms with van der Waals surface area (Å²) in [5.74, 6) is 0.834. The molecule has 1 amide bonds. The first-order chi connectivity index (χ1) is 9.08. The molecule has 0 aromatic heterocycles. The molecule has 1 fully saturated rings. The molecule has 1 N–H and O–H groups in total. The van der Waals surface area contributed by atoms with Crippen molar-refractivity contribution in [3.05, 3.63) is 0 Å². The van der Waals surface area contributed by atoms with Crippen LogP contribution in [0.5, 0.6) is 0 Å². The van der Waals surface area contributed by atoms with E-state index in [1.807, 2.05) is 0 Å². The van der Waals surface area contributed by atoms with Gasteiger partial charge in [-0.1, -0.05) is 27.7 Å². The van der Waals surface area contributed by atoms with Crippen LogP contribution in [0.3, 0.4) is 0 Å². The molecule has 0 bridgehead atoms. The number of rotatable bonds is 8. The number of amides is 1. The van der Waals surface area contributed by atoms with Gasteiger partial charge in [0.05, 0.1) is 6.04 Å². The van der Waals surface area contributed by atoms with Gasteiger partial charge in [-0.25, -0.2) is 0 Å². The van der Waals surface area contributed by atoms with Gasteiger partial charge >= 0.3 is 0 Å². The van der Waals surface area contributed by atoms with Gasteiger partial charge in [0, 0.05) is 19.6 Å². The molecule has 1 aliphatic heterocycles. The zero-order valence-electron chi connectivity index (χ0n) is 13.1. The maximum atomic E-state index is 12.5. The van der Waals surface area contributed by atoms with Gasteiger partial charge in [-0.2, -0.15) is 0 Å². The Kier molecular flexibility index (Phi) is 7.39. The van der Waals surface area contributed by atoms with Crippen LogP contribution in [0.15, 0.2) is 0 Å². The molecule has 0 aromatic rings. The molecule has 4 nitrogen and oxygen atoms in total. The first-order valence-corrected chi connectivity index (χ1v) is 7.83. The van der Waals surface area contributed by atoms with Crippen molar-refractivity contribution in [3.8, 4) is 0 Å². The average molecular weight is 269 g/mol. The Labute approximate surface area is 118 Å². The summed E-state index contributed by atoms with van der Waals surface area (Å²) in [5.41, 5.74) is 0. The van der Waals surface area contributed by atoms with Crippen molar-refractivity contribution >= 4 is 5.91 Å². The maximum Gasteiger partial charge on any atom is 0.239 e. The van der Waals surface area contributed by atoms with E-state index in [0.29, 0.717) is 11.8 Å². The van der Waals surface area contributed by atoms with E-state index < -0.39 is 0 Å². The minimum Gasteiger partial charge on any atom is -0.340 e. The van der Waals surface area contributed by atoms with E-state index in [-0.39, 0.29) is 6.04 Å². The monoisotopic (exact) mass is 269 g/mol. The summed E-state index contributed by atoms with van der Waals surface area (Å²) in [6.45, 7) is 14.5. The minimum atomic E-state index is 0.0652. The molecule has 1 atom stereocenters. The van der Waals surface area contributed by atoms with Gasteiger partial charge in [0.25, 0.3) is 0 Å². The second-order valence-electron chi connectivity index (χ2n) is 5.85. The van der Waals surface area contributed by atoms with Crippen LogP contribution in [0.2, 0.25) is 0 Å². The SMILES string of the molecule is CCN(CC)CCN(CC(C)C)C(=O)C1CCCN1. The number of likely N-dealkylation sites (N-methyl/N-ethyl adjacent to an activating group) is 1. The van der Waals surface area contributed by atoms with Crippen LogP contribution >= 0.6 is 0 Å². The fourth-order valence-electron chi connectivity index (χ4n) is 2.65. The molecule has 1 aliphatic rings. The molecule has 1 saturated heterocycles. The molecule has 1 heterocycles. The molecule has 0 saturated carbocycles. The van der Waals surface area contributed by atoms with E-state index in [1.54, 1.807) is 0 Å². The Balaban J connectivity index is 2.52. The lowest BCUT2D eigenvalue weighted by atomic mass is 10.1. The zero-order chi connectivity index (χ0) is 14.3. The number of hydrogen-bond acceptors (Lipinski definition) is 3. The van der Waals surface area contributed by atoms with Crippen LogP contribution in [-0.2, 0) is 4.79 Å². The normalized spacial score (nSPS) is 19.4. The summed E-state index contributed by atoms with van der Waals surface area (Å²) in [6.07, 6.45) is 2.13. The standard InChI is InChI=1S/C15H31N3O/c1-5-17(6-2)10-11-18(12-13(3)4)15(19)14-8-7-9-16-14/h13-14,16H,5-12H2,1-4H3. The molecule has 0 aliphatic carbocycles. The fourth-order valence-corrected chi connectivity index (χ4v) is 2.65. The van der Waals surface area contributed by atoms with Crippen molar-refractivity contribution in [2.45, 2.75) is 46.6 Å². The van der Waals surface area contributed by atoms with E-state index in [4.69, 9.17) is 0 Å². The van der Waals surface area contributed by atoms with Crippen LogP contribution in [-0.4, -0.2) is 61.0 Å². The van der Waals surface area contributed by atoms with Crippen molar-refractivity contribution in [1.82, 2.24) is 15.1 Å². The second kappa shape index (κ2) is 8.54. The molecule has 0 spiro atoms. The van der Waals surface area contributed by atoms with E-state index in [2.05, 4.69) is 42.8 Å². The first kappa shape index (κ1) is 16.4. The molecule has 1 rings (SSSR count). The Bertz CT molecular complexity index is 258. The average Bonchev–Trinajstić information content (AvgIpc) is 2.91. The van der Waals surface area contributed by atoms with Crippen LogP contribution in [0.4, 0.5) is 0 Å². The second-order valence-corrected chi connectivity index (χ2v) is 5.85. The van der Waals surface area contributed by atoms with Gasteiger partial charge in [0.1, 0.15) is 0 Å². The lowest BCUT2D eigenvalue weighted by molar-refractivity contribution is -0.133. The highest BCUT2D eigenvalue weighted by Crippen LogP contribution is 2.10. The maximum absolute atomic E-state index is 12.5. The smallest absolute Gasteiger partial charge is 0.239 e. The predicted molar refractivity (Wildman–Crippen MR) is 80.2 cm³/mol. The molecular weight excluding hydrogens is 238 g/mol. The summed E-state index contributed by atoms with van der Waals surface area (Å²) in [5, 5.41) is 3.32. The number of carbonyl (C=O) groups excluding carboxylic acids is 1. The zero-order valence-corrected chi connectivity index (χ0v) is 13.1. The van der Waals surface area contributed by atoms with Gasteiger partial charge in [-0.3, -0.25) is 4.79 Å². The summed E-state index contributed by atoms with van der Waals surface area (Å²) in [4.78, 5) is 17.0. The Morgan fingerprint density at radius 1 is 1.26 bits per heavy atom. The van der Waals surface area contributed by atoms with Gasteiger partial charge in [0.2, 0.25) is 5.91 Å². The van der Waals surface area contributed by atoms with Crippen molar-refractivity contribution < 1.29 is 4.79 Å². The lowest BCUT2D eigenvalue weighted by Gasteiger charge is -2.30. The van der Waals surface area contributed by atoms with E-state index >= 15 is 0 Å². The highest BCUT2D eigenvalue weighted by atomic mass is 16.2. The van der Waals surface area contributed by atoms with Gasteiger partial charge in [0.15, 0.2) is 0 Å². The Morgan fingerprint density at radius 3 is 2.42 bits per heavy atom. The number of nitrogens with zero attached hydrogens (tertiary/aromatic N) is 2. The molecule has 19 heavy (non-hydrogen) atoms. The van der Waals surface area contributed by atoms with Gasteiger partial charge in [-0.15, -0.1) is 0 Å². The predicted octanol–water partition coefficient (Wildman–Crippen LogP) is 1.56. The van der Waals surface area contributed by atoms with Gasteiger partial charge in [-0.05, 0) is 38.4 Å². The quantitative estimate of drug-likeness (QED) is 0.726. The fraction of sp³-hybridized carbons (Fsp3) is 0.933. The topological polar surface area (TPSA) is 35.6 Å². The van der Waals surface area contributed by atoms with Crippen LogP contribution in [0, 0.1) is 5.92 Å². The first-order valence-electron chi connectivity index (χ1n) is 7.83. The third kappa shape index (κ3) is 5.49. The van der Waals surface area contributed by atoms with Crippen molar-refractivity contribution in [3.63, 3.8) is 0 Å². The van der Waals surface area contributed by atoms with Crippen molar-refractivity contribution in [1.29, 1.82) is 0 Å². The molecule has 4 heteroatoms. The highest BCUT2D eigenvalue weighted by Gasteiger charge is 2.27. The van der Waals surface area contributed by atoms with Crippen LogP contribution in [0.25, 0.3) is 0 Å². The van der Waals surface area contributed by atoms with Crippen molar-refractivity contribution in [2.75, 3.05) is 39.3 Å². The number of hydrogen-bond donors (Lipinski definition) is 1. The summed E-state index contributed by atoms with van der Waals surface area (Å²) in [6, 6.07) is 0.0652. The molecule has 0 radical (unpaired) electrons. The molecular formula is C15H31N3O.